The molecule has 3 rings (SSSR count). The van der Waals surface area contributed by atoms with Crippen molar-refractivity contribution in [1.29, 1.82) is 0 Å². The number of halogens is 1. The predicted octanol–water partition coefficient (Wildman–Crippen LogP) is 4.10. The molecule has 0 spiro atoms. The summed E-state index contributed by atoms with van der Waals surface area (Å²) < 4.78 is 21.0. The molecule has 1 aromatic carbocycles. The summed E-state index contributed by atoms with van der Waals surface area (Å²) in [6.45, 7) is 6.32. The number of hydrogen-bond donors (Lipinski definition) is 3. The van der Waals surface area contributed by atoms with Crippen molar-refractivity contribution in [3.8, 4) is 22.5 Å². The monoisotopic (exact) mass is 505 g/mol. The van der Waals surface area contributed by atoms with Crippen LogP contribution in [0.4, 0.5) is 16.4 Å². The molecular weight excluding hydrogens is 478 g/mol. The molecule has 0 fully saturated rings. The summed E-state index contributed by atoms with van der Waals surface area (Å²) in [5.74, 6) is 0.411. The number of rotatable bonds is 9. The van der Waals surface area contributed by atoms with Crippen LogP contribution < -0.4 is 15.4 Å². The number of benzene rings is 1. The lowest BCUT2D eigenvalue weighted by molar-refractivity contribution is 0.168. The highest BCUT2D eigenvalue weighted by Crippen LogP contribution is 2.34. The molecule has 0 saturated heterocycles. The third-order valence-corrected chi connectivity index (χ3v) is 5.48. The van der Waals surface area contributed by atoms with Gasteiger partial charge in [-0.3, -0.25) is 4.68 Å². The summed E-state index contributed by atoms with van der Waals surface area (Å²) in [6.07, 6.45) is 4.64. The number of anilines is 2. The maximum Gasteiger partial charge on any atom is 0.407 e. The first-order chi connectivity index (χ1) is 16.2. The van der Waals surface area contributed by atoms with E-state index in [4.69, 9.17) is 16.7 Å². The molecule has 0 aliphatic rings. The summed E-state index contributed by atoms with van der Waals surface area (Å²) in [5, 5.41) is 11.1. The van der Waals surface area contributed by atoms with Crippen molar-refractivity contribution in [3.63, 3.8) is 0 Å². The van der Waals surface area contributed by atoms with E-state index in [1.807, 2.05) is 43.8 Å². The number of hydrogen-bond acceptors (Lipinski definition) is 7. The van der Waals surface area contributed by atoms with Crippen LogP contribution in [0.1, 0.15) is 26.8 Å². The van der Waals surface area contributed by atoms with Gasteiger partial charge in [-0.15, -0.1) is 0 Å². The van der Waals surface area contributed by atoms with Crippen molar-refractivity contribution in [2.24, 2.45) is 0 Å². The summed E-state index contributed by atoms with van der Waals surface area (Å²) in [5.41, 5.74) is 3.54. The number of amides is 1. The van der Waals surface area contributed by atoms with Crippen molar-refractivity contribution in [2.75, 3.05) is 29.9 Å². The normalized spacial score (nSPS) is 12.8. The Balaban J connectivity index is 1.95. The Bertz CT molecular complexity index is 1190. The number of carbonyl (C=O) groups excluding carboxylic acids is 1. The fourth-order valence-electron chi connectivity index (χ4n) is 3.16. The topological polar surface area (TPSA) is 123 Å². The van der Waals surface area contributed by atoms with Gasteiger partial charge in [0.2, 0.25) is 5.95 Å². The van der Waals surface area contributed by atoms with Gasteiger partial charge in [-0.1, -0.05) is 11.6 Å². The van der Waals surface area contributed by atoms with Crippen LogP contribution in [-0.4, -0.2) is 56.0 Å². The van der Waals surface area contributed by atoms with Gasteiger partial charge in [0.1, 0.15) is 16.7 Å². The second kappa shape index (κ2) is 11.3. The van der Waals surface area contributed by atoms with E-state index in [0.29, 0.717) is 34.6 Å². The molecule has 0 aliphatic carbocycles. The van der Waals surface area contributed by atoms with E-state index in [9.17, 15) is 9.00 Å². The number of aromatic nitrogens is 4. The first-order valence-corrected chi connectivity index (χ1v) is 12.5. The maximum atomic E-state index is 11.7. The van der Waals surface area contributed by atoms with Crippen molar-refractivity contribution in [1.82, 2.24) is 25.1 Å². The summed E-state index contributed by atoms with van der Waals surface area (Å²) >= 11 is 6.35. The van der Waals surface area contributed by atoms with E-state index in [1.165, 1.54) is 7.11 Å². The predicted molar refractivity (Wildman–Crippen MR) is 135 cm³/mol. The van der Waals surface area contributed by atoms with E-state index in [1.54, 1.807) is 24.6 Å². The smallest absolute Gasteiger partial charge is 0.407 e. The Kier molecular flexibility index (Phi) is 8.46. The van der Waals surface area contributed by atoms with Gasteiger partial charge in [-0.2, -0.15) is 5.10 Å². The van der Waals surface area contributed by atoms with E-state index >= 15 is 0 Å². The fraction of sp³-hybridized carbons (Fsp3) is 0.364. The molecule has 34 heavy (non-hydrogen) atoms. The van der Waals surface area contributed by atoms with Crippen LogP contribution in [0.3, 0.4) is 0 Å². The van der Waals surface area contributed by atoms with Gasteiger partial charge in [-0.25, -0.2) is 19.0 Å². The number of nitrogens with one attached hydrogen (secondary N) is 3. The lowest BCUT2D eigenvalue weighted by Crippen LogP contribution is -2.37. The minimum absolute atomic E-state index is 0.122. The molecule has 2 heterocycles. The molecule has 2 aromatic heterocycles. The minimum atomic E-state index is -1.24. The Hall–Kier alpha value is -3.18. The molecule has 1 amide bonds. The van der Waals surface area contributed by atoms with Crippen LogP contribution in [0.2, 0.25) is 5.02 Å². The number of carbonyl (C=O) groups is 1. The Labute approximate surface area is 206 Å². The number of methoxy groups -OCH3 is 1. The molecule has 0 bridgehead atoms. The highest BCUT2D eigenvalue weighted by molar-refractivity contribution is 7.85. The molecule has 182 valence electrons. The summed E-state index contributed by atoms with van der Waals surface area (Å²) in [7, 11) is 0.0728. The van der Waals surface area contributed by atoms with Crippen LogP contribution in [0.15, 0.2) is 36.7 Å². The first kappa shape index (κ1) is 25.4. The lowest BCUT2D eigenvalue weighted by atomic mass is 10.1. The molecule has 3 N–H and O–H groups in total. The largest absolute Gasteiger partial charge is 0.453 e. The van der Waals surface area contributed by atoms with Gasteiger partial charge in [0.05, 0.1) is 12.8 Å². The van der Waals surface area contributed by atoms with Crippen LogP contribution in [0.5, 0.6) is 0 Å². The number of nitrogens with zero attached hydrogens (tertiary/aromatic N) is 4. The average Bonchev–Trinajstić information content (AvgIpc) is 3.23. The third-order valence-electron chi connectivity index (χ3n) is 4.74. The van der Waals surface area contributed by atoms with E-state index < -0.39 is 17.1 Å². The highest BCUT2D eigenvalue weighted by Gasteiger charge is 2.18. The van der Waals surface area contributed by atoms with E-state index in [0.717, 1.165) is 11.1 Å². The van der Waals surface area contributed by atoms with Crippen molar-refractivity contribution < 1.29 is 13.7 Å². The van der Waals surface area contributed by atoms with E-state index in [2.05, 4.69) is 30.1 Å². The molecule has 10 nitrogen and oxygen atoms in total. The van der Waals surface area contributed by atoms with Gasteiger partial charge >= 0.3 is 6.09 Å². The molecule has 12 heteroatoms. The Morgan fingerprint density at radius 3 is 2.71 bits per heavy atom. The Morgan fingerprint density at radius 2 is 2.03 bits per heavy atom. The summed E-state index contributed by atoms with van der Waals surface area (Å²) in [6, 6.07) is 7.10. The average molecular weight is 506 g/mol. The SMILES string of the molecule is COC(=O)N[C@@H](C)CNc1nccc(-c2cn(C(C)C)nc2-c2cc(Cl)cc(NS(C)=O)c2)n1. The molecule has 0 saturated carbocycles. The quantitative estimate of drug-likeness (QED) is 0.400. The van der Waals surface area contributed by atoms with Crippen LogP contribution in [-0.2, 0) is 15.7 Å². The molecule has 1 unspecified atom stereocenters. The third kappa shape index (κ3) is 6.67. The zero-order valence-electron chi connectivity index (χ0n) is 19.6. The summed E-state index contributed by atoms with van der Waals surface area (Å²) in [4.78, 5) is 20.3. The van der Waals surface area contributed by atoms with Gasteiger partial charge in [-0.05, 0) is 45.0 Å². The minimum Gasteiger partial charge on any atom is -0.453 e. The fourth-order valence-corrected chi connectivity index (χ4v) is 3.84. The molecule has 0 radical (unpaired) electrons. The molecule has 3 aromatic rings. The number of ether oxygens (including phenoxy) is 1. The highest BCUT2D eigenvalue weighted by atomic mass is 35.5. The first-order valence-electron chi connectivity index (χ1n) is 10.6. The zero-order valence-corrected chi connectivity index (χ0v) is 21.2. The lowest BCUT2D eigenvalue weighted by Gasteiger charge is -2.14. The molecular formula is C22H28ClN7O3S. The van der Waals surface area contributed by atoms with Crippen molar-refractivity contribution in [3.05, 3.63) is 41.7 Å². The van der Waals surface area contributed by atoms with Crippen molar-refractivity contribution >= 4 is 40.3 Å². The van der Waals surface area contributed by atoms with Crippen LogP contribution in [0.25, 0.3) is 22.5 Å². The van der Waals surface area contributed by atoms with Crippen LogP contribution >= 0.6 is 11.6 Å². The molecule has 0 aliphatic heterocycles. The second-order valence-corrected chi connectivity index (χ2v) is 9.48. The van der Waals surface area contributed by atoms with Gasteiger partial charge in [0, 0.05) is 59.1 Å². The maximum absolute atomic E-state index is 11.7. The Morgan fingerprint density at radius 1 is 1.26 bits per heavy atom. The standard InChI is InChI=1S/C22H28ClN7O3S/c1-13(2)30-12-18(20(28-30)15-8-16(23)10-17(9-15)29-34(5)32)19-6-7-24-21(27-19)25-11-14(3)26-22(31)33-4/h6-10,12-14,29H,11H2,1-5H3,(H,26,31)(H,24,25,27)/t14-,34?/m0/s1. The second-order valence-electron chi connectivity index (χ2n) is 7.93. The van der Waals surface area contributed by atoms with E-state index in [-0.39, 0.29) is 12.1 Å². The van der Waals surface area contributed by atoms with Gasteiger partial charge in [0.25, 0.3) is 0 Å². The number of alkyl carbamates (subject to hydrolysis) is 1. The van der Waals surface area contributed by atoms with Crippen LogP contribution in [0, 0.1) is 0 Å². The zero-order chi connectivity index (χ0) is 24.8. The van der Waals surface area contributed by atoms with Crippen molar-refractivity contribution in [2.45, 2.75) is 32.9 Å². The van der Waals surface area contributed by atoms with Gasteiger partial charge < -0.3 is 20.1 Å². The molecule has 2 atom stereocenters. The van der Waals surface area contributed by atoms with Gasteiger partial charge in [0.15, 0.2) is 0 Å².